The summed E-state index contributed by atoms with van der Waals surface area (Å²) in [6.07, 6.45) is 4.73. The molecule has 1 aliphatic rings. The molecule has 72 valence electrons. The van der Waals surface area contributed by atoms with Gasteiger partial charge in [-0.2, -0.15) is 0 Å². The Hall–Kier alpha value is -0.520. The molecule has 1 aliphatic carbocycles. The molecule has 0 bridgehead atoms. The van der Waals surface area contributed by atoms with Gasteiger partial charge in [-0.1, -0.05) is 4.49 Å². The summed E-state index contributed by atoms with van der Waals surface area (Å²) in [6.45, 7) is 0.777. The van der Waals surface area contributed by atoms with Gasteiger partial charge < -0.3 is 10.4 Å². The van der Waals surface area contributed by atoms with Crippen LogP contribution < -0.4 is 5.32 Å². The van der Waals surface area contributed by atoms with Crippen molar-refractivity contribution in [2.75, 3.05) is 0 Å². The SMILES string of the molecule is O[C@H]1CCC[C@@H]1NCc1cnns1. The molecule has 1 fully saturated rings. The molecule has 2 N–H and O–H groups in total. The molecule has 5 heteroatoms. The minimum Gasteiger partial charge on any atom is -0.392 e. The topological polar surface area (TPSA) is 58.0 Å². The fraction of sp³-hybridized carbons (Fsp3) is 0.750. The van der Waals surface area contributed by atoms with E-state index in [4.69, 9.17) is 0 Å². The Morgan fingerprint density at radius 2 is 2.54 bits per heavy atom. The van der Waals surface area contributed by atoms with Crippen LogP contribution in [0.25, 0.3) is 0 Å². The minimum absolute atomic E-state index is 0.166. The molecule has 0 aromatic carbocycles. The molecule has 0 radical (unpaired) electrons. The van der Waals surface area contributed by atoms with Crippen molar-refractivity contribution in [3.63, 3.8) is 0 Å². The number of nitrogens with zero attached hydrogens (tertiary/aromatic N) is 2. The zero-order valence-corrected chi connectivity index (χ0v) is 8.13. The summed E-state index contributed by atoms with van der Waals surface area (Å²) >= 11 is 1.40. The molecule has 0 saturated heterocycles. The zero-order chi connectivity index (χ0) is 9.10. The van der Waals surface area contributed by atoms with Crippen LogP contribution in [0.1, 0.15) is 24.1 Å². The molecule has 1 heterocycles. The second kappa shape index (κ2) is 4.13. The fourth-order valence-electron chi connectivity index (χ4n) is 1.68. The molecule has 0 amide bonds. The Morgan fingerprint density at radius 1 is 1.62 bits per heavy atom. The van der Waals surface area contributed by atoms with E-state index in [1.54, 1.807) is 6.20 Å². The van der Waals surface area contributed by atoms with Crippen LogP contribution in [0.5, 0.6) is 0 Å². The van der Waals surface area contributed by atoms with Gasteiger partial charge in [-0.25, -0.2) is 0 Å². The quantitative estimate of drug-likeness (QED) is 0.746. The van der Waals surface area contributed by atoms with E-state index in [9.17, 15) is 5.11 Å². The first-order chi connectivity index (χ1) is 6.36. The van der Waals surface area contributed by atoms with Crippen molar-refractivity contribution >= 4 is 11.5 Å². The van der Waals surface area contributed by atoms with Crippen LogP contribution in [-0.4, -0.2) is 26.8 Å². The predicted molar refractivity (Wildman–Crippen MR) is 50.4 cm³/mol. The lowest BCUT2D eigenvalue weighted by Crippen LogP contribution is -2.34. The van der Waals surface area contributed by atoms with Gasteiger partial charge in [0.15, 0.2) is 0 Å². The second-order valence-electron chi connectivity index (χ2n) is 3.37. The molecule has 2 rings (SSSR count). The summed E-state index contributed by atoms with van der Waals surface area (Å²) in [4.78, 5) is 1.12. The van der Waals surface area contributed by atoms with Crippen molar-refractivity contribution in [1.82, 2.24) is 14.9 Å². The second-order valence-corrected chi connectivity index (χ2v) is 4.24. The lowest BCUT2D eigenvalue weighted by Gasteiger charge is -2.14. The number of aliphatic hydroxyl groups excluding tert-OH is 1. The van der Waals surface area contributed by atoms with E-state index in [1.807, 2.05) is 0 Å². The molecule has 0 aliphatic heterocycles. The predicted octanol–water partition coefficient (Wildman–Crippen LogP) is 0.541. The van der Waals surface area contributed by atoms with E-state index in [-0.39, 0.29) is 12.1 Å². The van der Waals surface area contributed by atoms with Gasteiger partial charge in [0.05, 0.1) is 17.2 Å². The first-order valence-electron chi connectivity index (χ1n) is 4.54. The van der Waals surface area contributed by atoms with Gasteiger partial charge in [-0.05, 0) is 30.8 Å². The molecule has 4 nitrogen and oxygen atoms in total. The maximum Gasteiger partial charge on any atom is 0.0693 e. The average molecular weight is 199 g/mol. The highest BCUT2D eigenvalue weighted by molar-refractivity contribution is 7.05. The van der Waals surface area contributed by atoms with E-state index in [0.717, 1.165) is 30.7 Å². The smallest absolute Gasteiger partial charge is 0.0693 e. The highest BCUT2D eigenvalue weighted by Crippen LogP contribution is 2.19. The van der Waals surface area contributed by atoms with Gasteiger partial charge in [0.25, 0.3) is 0 Å². The van der Waals surface area contributed by atoms with Crippen molar-refractivity contribution in [3.05, 3.63) is 11.1 Å². The van der Waals surface area contributed by atoms with Crippen molar-refractivity contribution in [3.8, 4) is 0 Å². The minimum atomic E-state index is -0.166. The third-order valence-electron chi connectivity index (χ3n) is 2.42. The number of hydrogen-bond acceptors (Lipinski definition) is 5. The normalized spacial score (nSPS) is 28.1. The number of nitrogens with one attached hydrogen (secondary N) is 1. The van der Waals surface area contributed by atoms with Gasteiger partial charge >= 0.3 is 0 Å². The van der Waals surface area contributed by atoms with Crippen molar-refractivity contribution in [2.45, 2.75) is 38.0 Å². The number of hydrogen-bond donors (Lipinski definition) is 2. The number of rotatable bonds is 3. The van der Waals surface area contributed by atoms with Gasteiger partial charge in [-0.3, -0.25) is 0 Å². The zero-order valence-electron chi connectivity index (χ0n) is 7.31. The van der Waals surface area contributed by atoms with Crippen molar-refractivity contribution in [1.29, 1.82) is 0 Å². The van der Waals surface area contributed by atoms with Crippen LogP contribution in [0, 0.1) is 0 Å². The largest absolute Gasteiger partial charge is 0.392 e. The highest BCUT2D eigenvalue weighted by Gasteiger charge is 2.24. The Balaban J connectivity index is 1.79. The molecule has 1 aromatic heterocycles. The third-order valence-corrected chi connectivity index (χ3v) is 3.09. The summed E-state index contributed by atoms with van der Waals surface area (Å²) in [5.74, 6) is 0. The number of aliphatic hydroxyl groups is 1. The van der Waals surface area contributed by atoms with Crippen LogP contribution in [0.15, 0.2) is 6.20 Å². The summed E-state index contributed by atoms with van der Waals surface area (Å²) in [7, 11) is 0. The Bertz CT molecular complexity index is 252. The van der Waals surface area contributed by atoms with Gasteiger partial charge in [-0.15, -0.1) is 5.10 Å². The van der Waals surface area contributed by atoms with Crippen LogP contribution in [0.3, 0.4) is 0 Å². The van der Waals surface area contributed by atoms with E-state index in [1.165, 1.54) is 11.5 Å². The van der Waals surface area contributed by atoms with E-state index in [0.29, 0.717) is 0 Å². The Labute approximate surface area is 81.1 Å². The molecule has 13 heavy (non-hydrogen) atoms. The maximum absolute atomic E-state index is 9.53. The standard InChI is InChI=1S/C8H13N3OS/c12-8-3-1-2-7(8)9-4-6-5-10-11-13-6/h5,7-9,12H,1-4H2/t7-,8-/m0/s1. The first kappa shape index (κ1) is 9.05. The van der Waals surface area contributed by atoms with E-state index < -0.39 is 0 Å². The van der Waals surface area contributed by atoms with Crippen molar-refractivity contribution in [2.24, 2.45) is 0 Å². The number of aromatic nitrogens is 2. The lowest BCUT2D eigenvalue weighted by molar-refractivity contribution is 0.149. The van der Waals surface area contributed by atoms with Gasteiger partial charge in [0, 0.05) is 12.6 Å². The average Bonchev–Trinajstić information content (AvgIpc) is 2.72. The maximum atomic E-state index is 9.53. The van der Waals surface area contributed by atoms with E-state index in [2.05, 4.69) is 14.9 Å². The van der Waals surface area contributed by atoms with Crippen LogP contribution >= 0.6 is 11.5 Å². The molecule has 0 unspecified atom stereocenters. The summed E-state index contributed by atoms with van der Waals surface area (Å²) < 4.78 is 3.78. The Morgan fingerprint density at radius 3 is 3.15 bits per heavy atom. The lowest BCUT2D eigenvalue weighted by atomic mass is 10.2. The molecule has 2 atom stereocenters. The monoisotopic (exact) mass is 199 g/mol. The summed E-state index contributed by atoms with van der Waals surface area (Å²) in [6, 6.07) is 0.266. The fourth-order valence-corrected chi connectivity index (χ4v) is 2.12. The van der Waals surface area contributed by atoms with Gasteiger partial charge in [0.1, 0.15) is 0 Å². The molecule has 1 saturated carbocycles. The molecular formula is C8H13N3OS. The molecule has 0 spiro atoms. The summed E-state index contributed by atoms with van der Waals surface area (Å²) in [5.41, 5.74) is 0. The van der Waals surface area contributed by atoms with E-state index >= 15 is 0 Å². The first-order valence-corrected chi connectivity index (χ1v) is 5.31. The molecular weight excluding hydrogens is 186 g/mol. The Kier molecular flexibility index (Phi) is 2.87. The summed E-state index contributed by atoms with van der Waals surface area (Å²) in [5, 5.41) is 16.6. The van der Waals surface area contributed by atoms with Crippen LogP contribution in [0.2, 0.25) is 0 Å². The molecule has 1 aromatic rings. The highest BCUT2D eigenvalue weighted by atomic mass is 32.1. The van der Waals surface area contributed by atoms with Gasteiger partial charge in [0.2, 0.25) is 0 Å². The van der Waals surface area contributed by atoms with Crippen molar-refractivity contribution < 1.29 is 5.11 Å². The third kappa shape index (κ3) is 2.24. The van der Waals surface area contributed by atoms with Crippen LogP contribution in [-0.2, 0) is 6.54 Å². The van der Waals surface area contributed by atoms with Crippen LogP contribution in [0.4, 0.5) is 0 Å².